The van der Waals surface area contributed by atoms with Crippen LogP contribution in [0.4, 0.5) is 0 Å². The second-order valence-corrected chi connectivity index (χ2v) is 8.95. The molecule has 0 heterocycles. The summed E-state index contributed by atoms with van der Waals surface area (Å²) in [6.45, 7) is 1.30. The van der Waals surface area contributed by atoms with Crippen molar-refractivity contribution in [3.63, 3.8) is 0 Å². The molecule has 4 saturated carbocycles. The molecule has 0 aromatic heterocycles. The Hall–Kier alpha value is -1.26. The van der Waals surface area contributed by atoms with Gasteiger partial charge in [-0.05, 0) is 68.2 Å². The van der Waals surface area contributed by atoms with E-state index in [1.807, 2.05) is 0 Å². The second-order valence-electron chi connectivity index (χ2n) is 8.52. The lowest BCUT2D eigenvalue weighted by atomic mass is 9.54. The van der Waals surface area contributed by atoms with Crippen molar-refractivity contribution in [2.75, 3.05) is 26.8 Å². The Kier molecular flexibility index (Phi) is 5.42. The topological polar surface area (TPSA) is 40.0 Å². The summed E-state index contributed by atoms with van der Waals surface area (Å²) in [4.78, 5) is 13.4. The quantitative estimate of drug-likeness (QED) is 0.741. The van der Waals surface area contributed by atoms with Gasteiger partial charge in [0.2, 0.25) is 0 Å². The van der Waals surface area contributed by atoms with Gasteiger partial charge in [0.15, 0.2) is 6.61 Å². The summed E-state index contributed by atoms with van der Waals surface area (Å²) in [7, 11) is 2.28. The highest BCUT2D eigenvalue weighted by molar-refractivity contribution is 6.30. The lowest BCUT2D eigenvalue weighted by Gasteiger charge is -2.54. The van der Waals surface area contributed by atoms with Crippen LogP contribution in [0.2, 0.25) is 5.02 Å². The van der Waals surface area contributed by atoms with Gasteiger partial charge in [0.05, 0.1) is 13.1 Å². The molecule has 1 N–H and O–H groups in total. The van der Waals surface area contributed by atoms with Crippen LogP contribution in [0.3, 0.4) is 0 Å². The molecule has 4 aliphatic carbocycles. The van der Waals surface area contributed by atoms with E-state index in [0.717, 1.165) is 36.3 Å². The number of ether oxygens (including phenoxy) is 2. The number of esters is 1. The Morgan fingerprint density at radius 3 is 2.31 bits per heavy atom. The predicted molar refractivity (Wildman–Crippen MR) is 100 cm³/mol. The highest BCUT2D eigenvalue weighted by Crippen LogP contribution is 2.52. The SMILES string of the molecule is C[NH+](CCOC(=O)COc1ccc(Cl)cc1)C1C2CC3CC(C2)CC1C3. The van der Waals surface area contributed by atoms with Crippen molar-refractivity contribution < 1.29 is 19.2 Å². The Labute approximate surface area is 160 Å². The number of hydrogen-bond donors (Lipinski definition) is 1. The lowest BCUT2D eigenvalue weighted by Crippen LogP contribution is -3.15. The molecule has 0 saturated heterocycles. The molecule has 1 aromatic carbocycles. The number of rotatable bonds is 7. The maximum Gasteiger partial charge on any atom is 0.344 e. The molecule has 4 bridgehead atoms. The standard InChI is InChI=1S/C21H28ClNO3/c1-23(21-16-9-14-8-15(11-16)12-17(21)10-14)6-7-25-20(24)13-26-19-4-2-18(22)3-5-19/h2-5,14-17,21H,6-13H2,1H3/p+1. The van der Waals surface area contributed by atoms with Crippen molar-refractivity contribution in [1.82, 2.24) is 0 Å². The first-order chi connectivity index (χ1) is 12.6. The van der Waals surface area contributed by atoms with Crippen molar-refractivity contribution in [3.8, 4) is 5.75 Å². The largest absolute Gasteiger partial charge is 0.482 e. The first kappa shape index (κ1) is 18.1. The third-order valence-electron chi connectivity index (χ3n) is 6.73. The Morgan fingerprint density at radius 1 is 1.08 bits per heavy atom. The smallest absolute Gasteiger partial charge is 0.344 e. The third-order valence-corrected chi connectivity index (χ3v) is 6.98. The summed E-state index contributed by atoms with van der Waals surface area (Å²) in [5, 5.41) is 0.649. The van der Waals surface area contributed by atoms with Gasteiger partial charge in [-0.1, -0.05) is 11.6 Å². The van der Waals surface area contributed by atoms with E-state index in [4.69, 9.17) is 21.1 Å². The minimum Gasteiger partial charge on any atom is -0.482 e. The Bertz CT molecular complexity index is 605. The van der Waals surface area contributed by atoms with E-state index in [9.17, 15) is 4.79 Å². The summed E-state index contributed by atoms with van der Waals surface area (Å²) < 4.78 is 10.8. The van der Waals surface area contributed by atoms with Crippen LogP contribution in [0.15, 0.2) is 24.3 Å². The Morgan fingerprint density at radius 2 is 1.69 bits per heavy atom. The minimum atomic E-state index is -0.308. The molecule has 1 aromatic rings. The van der Waals surface area contributed by atoms with Gasteiger partial charge < -0.3 is 14.4 Å². The van der Waals surface area contributed by atoms with Crippen LogP contribution in [-0.2, 0) is 9.53 Å². The normalized spacial score (nSPS) is 33.1. The average Bonchev–Trinajstić information content (AvgIpc) is 2.60. The highest BCUT2D eigenvalue weighted by Gasteiger charge is 2.51. The predicted octanol–water partition coefficient (Wildman–Crippen LogP) is 2.60. The molecular formula is C21H29ClNO3+. The van der Waals surface area contributed by atoms with E-state index in [1.165, 1.54) is 32.1 Å². The van der Waals surface area contributed by atoms with E-state index in [2.05, 4.69) is 7.05 Å². The first-order valence-electron chi connectivity index (χ1n) is 9.95. The maximum absolute atomic E-state index is 11.9. The molecule has 0 radical (unpaired) electrons. The van der Waals surface area contributed by atoms with Crippen molar-refractivity contribution in [2.24, 2.45) is 23.7 Å². The number of carbonyl (C=O) groups is 1. The molecule has 4 fully saturated rings. The molecule has 4 nitrogen and oxygen atoms in total. The van der Waals surface area contributed by atoms with E-state index in [0.29, 0.717) is 17.4 Å². The molecule has 1 atom stereocenters. The molecule has 4 aliphatic rings. The third kappa shape index (κ3) is 4.01. The number of hydrogen-bond acceptors (Lipinski definition) is 3. The molecule has 0 aliphatic heterocycles. The van der Waals surface area contributed by atoms with Gasteiger partial charge >= 0.3 is 5.97 Å². The second kappa shape index (κ2) is 7.77. The van der Waals surface area contributed by atoms with E-state index >= 15 is 0 Å². The van der Waals surface area contributed by atoms with Crippen LogP contribution < -0.4 is 9.64 Å². The summed E-state index contributed by atoms with van der Waals surface area (Å²) >= 11 is 5.83. The molecule has 5 heteroatoms. The fraction of sp³-hybridized carbons (Fsp3) is 0.667. The van der Waals surface area contributed by atoms with Crippen LogP contribution in [0.25, 0.3) is 0 Å². The van der Waals surface area contributed by atoms with Crippen molar-refractivity contribution in [1.29, 1.82) is 0 Å². The molecule has 142 valence electrons. The highest BCUT2D eigenvalue weighted by atomic mass is 35.5. The van der Waals surface area contributed by atoms with Crippen LogP contribution in [-0.4, -0.2) is 38.8 Å². The number of nitrogens with one attached hydrogen (secondary N) is 1. The number of halogens is 1. The molecule has 26 heavy (non-hydrogen) atoms. The van der Waals surface area contributed by atoms with Gasteiger partial charge in [0.25, 0.3) is 0 Å². The molecular weight excluding hydrogens is 350 g/mol. The lowest BCUT2D eigenvalue weighted by molar-refractivity contribution is -0.917. The van der Waals surface area contributed by atoms with E-state index in [1.54, 1.807) is 29.2 Å². The van der Waals surface area contributed by atoms with Gasteiger partial charge in [-0.2, -0.15) is 0 Å². The fourth-order valence-electron chi connectivity index (χ4n) is 5.94. The van der Waals surface area contributed by atoms with Crippen LogP contribution in [0, 0.1) is 23.7 Å². The zero-order chi connectivity index (χ0) is 18.1. The Balaban J connectivity index is 1.18. The van der Waals surface area contributed by atoms with Gasteiger partial charge in [-0.15, -0.1) is 0 Å². The molecule has 1 unspecified atom stereocenters. The maximum atomic E-state index is 11.9. The number of likely N-dealkylation sites (N-methyl/N-ethyl adjacent to an activating group) is 1. The molecule has 5 rings (SSSR count). The van der Waals surface area contributed by atoms with Crippen molar-refractivity contribution in [3.05, 3.63) is 29.3 Å². The van der Waals surface area contributed by atoms with Crippen molar-refractivity contribution in [2.45, 2.75) is 38.1 Å². The number of benzene rings is 1. The average molecular weight is 379 g/mol. The van der Waals surface area contributed by atoms with Crippen LogP contribution in [0.1, 0.15) is 32.1 Å². The van der Waals surface area contributed by atoms with Crippen LogP contribution >= 0.6 is 11.6 Å². The van der Waals surface area contributed by atoms with Gasteiger partial charge in [-0.3, -0.25) is 0 Å². The summed E-state index contributed by atoms with van der Waals surface area (Å²) in [5.41, 5.74) is 0. The van der Waals surface area contributed by atoms with Crippen LogP contribution in [0.5, 0.6) is 5.75 Å². The van der Waals surface area contributed by atoms with Gasteiger partial charge in [-0.25, -0.2) is 4.79 Å². The van der Waals surface area contributed by atoms with Gasteiger partial charge in [0.1, 0.15) is 18.9 Å². The zero-order valence-electron chi connectivity index (χ0n) is 15.5. The van der Waals surface area contributed by atoms with Crippen molar-refractivity contribution >= 4 is 17.6 Å². The summed E-state index contributed by atoms with van der Waals surface area (Å²) in [6, 6.07) is 7.75. The van der Waals surface area contributed by atoms with E-state index in [-0.39, 0.29) is 12.6 Å². The summed E-state index contributed by atoms with van der Waals surface area (Å²) in [6.07, 6.45) is 7.23. The zero-order valence-corrected chi connectivity index (χ0v) is 16.2. The molecule has 0 amide bonds. The minimum absolute atomic E-state index is 0.0568. The van der Waals surface area contributed by atoms with Gasteiger partial charge in [0, 0.05) is 16.9 Å². The van der Waals surface area contributed by atoms with E-state index < -0.39 is 0 Å². The number of quaternary nitrogens is 1. The first-order valence-corrected chi connectivity index (χ1v) is 10.3. The fourth-order valence-corrected chi connectivity index (χ4v) is 6.06. The monoisotopic (exact) mass is 378 g/mol. The number of carbonyl (C=O) groups excluding carboxylic acids is 1. The molecule has 0 spiro atoms. The summed E-state index contributed by atoms with van der Waals surface area (Å²) in [5.74, 6) is 4.12.